The smallest absolute Gasteiger partial charge is 0.363 e. The van der Waals surface area contributed by atoms with E-state index in [4.69, 9.17) is 21.1 Å². The van der Waals surface area contributed by atoms with E-state index in [-0.39, 0.29) is 11.6 Å². The van der Waals surface area contributed by atoms with Gasteiger partial charge in [0.2, 0.25) is 5.90 Å². The summed E-state index contributed by atoms with van der Waals surface area (Å²) in [5, 5.41) is 0.673. The lowest BCUT2D eigenvalue weighted by atomic mass is 10.2. The lowest BCUT2D eigenvalue weighted by molar-refractivity contribution is -0.129. The Kier molecular flexibility index (Phi) is 7.35. The minimum absolute atomic E-state index is 0.252. The minimum Gasteiger partial charge on any atom is -0.487 e. The van der Waals surface area contributed by atoms with Crippen molar-refractivity contribution in [3.05, 3.63) is 99.7 Å². The van der Waals surface area contributed by atoms with Crippen molar-refractivity contribution in [2.24, 2.45) is 4.99 Å². The Balaban J connectivity index is 1.58. The molecule has 3 aromatic rings. The van der Waals surface area contributed by atoms with Gasteiger partial charge in [0.1, 0.15) is 12.4 Å². The summed E-state index contributed by atoms with van der Waals surface area (Å²) in [7, 11) is 0. The van der Waals surface area contributed by atoms with Crippen molar-refractivity contribution in [2.45, 2.75) is 6.61 Å². The molecule has 0 amide bonds. The molecule has 3 aromatic carbocycles. The number of benzene rings is 3. The largest absolute Gasteiger partial charge is 0.487 e. The first-order chi connectivity index (χ1) is 14.9. The molecule has 0 saturated carbocycles. The quantitative estimate of drug-likeness (QED) is 0.159. The van der Waals surface area contributed by atoms with Gasteiger partial charge in [0.15, 0.2) is 5.70 Å². The molecule has 0 spiro atoms. The zero-order valence-corrected chi connectivity index (χ0v) is 22.4. The summed E-state index contributed by atoms with van der Waals surface area (Å²) in [5.74, 6) is 0.581. The monoisotopic (exact) mass is 719 g/mol. The number of nitrogens with zero attached hydrogens (tertiary/aromatic N) is 1. The summed E-state index contributed by atoms with van der Waals surface area (Å²) in [6, 6.07) is 19.0. The molecule has 0 bridgehead atoms. The Morgan fingerprint density at radius 3 is 2.45 bits per heavy atom. The third kappa shape index (κ3) is 5.32. The van der Waals surface area contributed by atoms with Crippen LogP contribution in [-0.2, 0) is 16.1 Å². The van der Waals surface area contributed by atoms with Crippen LogP contribution in [0, 0.1) is 7.14 Å². The van der Waals surface area contributed by atoms with E-state index in [0.717, 1.165) is 34.1 Å². The van der Waals surface area contributed by atoms with Gasteiger partial charge >= 0.3 is 5.97 Å². The average molecular weight is 721 g/mol. The highest BCUT2D eigenvalue weighted by atomic mass is 127. The minimum atomic E-state index is -0.477. The molecule has 4 nitrogen and oxygen atoms in total. The number of rotatable bonds is 5. The molecule has 0 atom stereocenters. The summed E-state index contributed by atoms with van der Waals surface area (Å²) in [4.78, 5) is 16.7. The molecule has 1 aliphatic rings. The SMILES string of the molecule is O=C1OC(c2ccccc2Br)=N/C1=C\c1cc(I)c(OCc2ccccc2Cl)c(I)c1. The van der Waals surface area contributed by atoms with Gasteiger partial charge in [0.05, 0.1) is 12.7 Å². The summed E-state index contributed by atoms with van der Waals surface area (Å²) < 4.78 is 14.0. The van der Waals surface area contributed by atoms with Crippen LogP contribution < -0.4 is 4.74 Å². The zero-order chi connectivity index (χ0) is 22.0. The van der Waals surface area contributed by atoms with Gasteiger partial charge in [-0.15, -0.1) is 0 Å². The summed E-state index contributed by atoms with van der Waals surface area (Å²) >= 11 is 14.1. The predicted octanol–water partition coefficient (Wildman–Crippen LogP) is 7.24. The first-order valence-corrected chi connectivity index (χ1v) is 12.4. The second kappa shape index (κ2) is 10.0. The summed E-state index contributed by atoms with van der Waals surface area (Å²) in [5.41, 5.74) is 2.74. The number of halogens is 4. The van der Waals surface area contributed by atoms with Gasteiger partial charge in [-0.2, -0.15) is 0 Å². The lowest BCUT2D eigenvalue weighted by Crippen LogP contribution is -2.05. The molecule has 0 saturated heterocycles. The van der Waals surface area contributed by atoms with Crippen LogP contribution >= 0.6 is 72.7 Å². The van der Waals surface area contributed by atoms with Crippen molar-refractivity contribution >= 4 is 90.7 Å². The molecule has 0 aliphatic carbocycles. The van der Waals surface area contributed by atoms with E-state index >= 15 is 0 Å². The first-order valence-electron chi connectivity index (χ1n) is 9.05. The fourth-order valence-electron chi connectivity index (χ4n) is 2.88. The molecule has 1 heterocycles. The van der Waals surface area contributed by atoms with Gasteiger partial charge in [-0.3, -0.25) is 0 Å². The van der Waals surface area contributed by atoms with Crippen molar-refractivity contribution in [1.29, 1.82) is 0 Å². The standard InChI is InChI=1S/C23H13BrClI2NO3/c24-16-7-3-2-6-15(16)22-28-20(23(29)31-22)11-13-9-18(26)21(19(27)10-13)30-12-14-5-1-4-8-17(14)25/h1-11H,12H2/b20-11-. The van der Waals surface area contributed by atoms with Crippen molar-refractivity contribution in [3.8, 4) is 5.75 Å². The van der Waals surface area contributed by atoms with E-state index in [9.17, 15) is 4.79 Å². The normalized spacial score (nSPS) is 14.5. The Hall–Kier alpha value is -1.43. The van der Waals surface area contributed by atoms with Gasteiger partial charge in [-0.05, 0) is 103 Å². The van der Waals surface area contributed by atoms with Gasteiger partial charge in [0, 0.05) is 15.1 Å². The highest BCUT2D eigenvalue weighted by Gasteiger charge is 2.25. The number of hydrogen-bond acceptors (Lipinski definition) is 4. The fraction of sp³-hybridized carbons (Fsp3) is 0.0435. The zero-order valence-electron chi connectivity index (χ0n) is 15.7. The second-order valence-electron chi connectivity index (χ2n) is 6.51. The van der Waals surface area contributed by atoms with E-state index in [2.05, 4.69) is 66.1 Å². The summed E-state index contributed by atoms with van der Waals surface area (Å²) in [6.45, 7) is 0.373. The number of ether oxygens (including phenoxy) is 2. The predicted molar refractivity (Wildman–Crippen MR) is 142 cm³/mol. The number of cyclic esters (lactones) is 1. The molecule has 156 valence electrons. The van der Waals surface area contributed by atoms with Crippen molar-refractivity contribution < 1.29 is 14.3 Å². The molecule has 4 rings (SSSR count). The molecule has 0 fully saturated rings. The molecule has 0 unspecified atom stereocenters. The van der Waals surface area contributed by atoms with Crippen LogP contribution in [0.5, 0.6) is 5.75 Å². The highest BCUT2D eigenvalue weighted by Crippen LogP contribution is 2.32. The molecule has 8 heteroatoms. The fourth-order valence-corrected chi connectivity index (χ4v) is 5.66. The molecule has 0 N–H and O–H groups in total. The molecular formula is C23H13BrClI2NO3. The Labute approximate surface area is 220 Å². The van der Waals surface area contributed by atoms with Crippen LogP contribution in [0.2, 0.25) is 5.02 Å². The van der Waals surface area contributed by atoms with E-state index < -0.39 is 5.97 Å². The molecular weight excluding hydrogens is 707 g/mol. The van der Waals surface area contributed by atoms with Gasteiger partial charge in [-0.25, -0.2) is 9.79 Å². The second-order valence-corrected chi connectivity index (χ2v) is 10.1. The van der Waals surface area contributed by atoms with Crippen LogP contribution in [0.3, 0.4) is 0 Å². The average Bonchev–Trinajstić information content (AvgIpc) is 3.09. The maximum atomic E-state index is 12.3. The lowest BCUT2D eigenvalue weighted by Gasteiger charge is -2.12. The first kappa shape index (κ1) is 22.8. The Bertz CT molecular complexity index is 1220. The number of carbonyl (C=O) groups is 1. The molecule has 1 aliphatic heterocycles. The van der Waals surface area contributed by atoms with Crippen LogP contribution in [0.15, 0.2) is 75.8 Å². The van der Waals surface area contributed by atoms with E-state index in [1.807, 2.05) is 60.7 Å². The van der Waals surface area contributed by atoms with Crippen LogP contribution in [-0.4, -0.2) is 11.9 Å². The topological polar surface area (TPSA) is 47.9 Å². The maximum absolute atomic E-state index is 12.3. The Morgan fingerprint density at radius 1 is 1.06 bits per heavy atom. The van der Waals surface area contributed by atoms with Crippen LogP contribution in [0.1, 0.15) is 16.7 Å². The van der Waals surface area contributed by atoms with Crippen molar-refractivity contribution in [2.75, 3.05) is 0 Å². The highest BCUT2D eigenvalue weighted by molar-refractivity contribution is 14.1. The van der Waals surface area contributed by atoms with Crippen LogP contribution in [0.4, 0.5) is 0 Å². The molecule has 31 heavy (non-hydrogen) atoms. The van der Waals surface area contributed by atoms with Gasteiger partial charge in [-0.1, -0.05) is 41.9 Å². The Morgan fingerprint density at radius 2 is 1.74 bits per heavy atom. The van der Waals surface area contributed by atoms with Crippen LogP contribution in [0.25, 0.3) is 6.08 Å². The summed E-state index contributed by atoms with van der Waals surface area (Å²) in [6.07, 6.45) is 1.72. The number of carbonyl (C=O) groups excluding carboxylic acids is 1. The van der Waals surface area contributed by atoms with E-state index in [1.165, 1.54) is 0 Å². The molecule has 0 aromatic heterocycles. The maximum Gasteiger partial charge on any atom is 0.363 e. The molecule has 0 radical (unpaired) electrons. The van der Waals surface area contributed by atoms with Crippen molar-refractivity contribution in [1.82, 2.24) is 0 Å². The number of esters is 1. The number of aliphatic imine (C=N–C) groups is 1. The van der Waals surface area contributed by atoms with E-state index in [1.54, 1.807) is 6.08 Å². The third-order valence-electron chi connectivity index (χ3n) is 4.38. The van der Waals surface area contributed by atoms with E-state index in [0.29, 0.717) is 11.6 Å². The third-order valence-corrected chi connectivity index (χ3v) is 7.04. The van der Waals surface area contributed by atoms with Crippen molar-refractivity contribution in [3.63, 3.8) is 0 Å². The number of hydrogen-bond donors (Lipinski definition) is 0. The van der Waals surface area contributed by atoms with Gasteiger partial charge < -0.3 is 9.47 Å². The van der Waals surface area contributed by atoms with Gasteiger partial charge in [0.25, 0.3) is 0 Å².